The maximum Gasteiger partial charge on any atom is 0.123 e. The minimum atomic E-state index is -0.292. The van der Waals surface area contributed by atoms with Gasteiger partial charge in [-0.3, -0.25) is 0 Å². The molecule has 9 rings (SSSR count). The Morgan fingerprint density at radius 1 is 0.391 bits per heavy atom. The van der Waals surface area contributed by atoms with E-state index < -0.39 is 0 Å². The summed E-state index contributed by atoms with van der Waals surface area (Å²) in [4.78, 5) is 0. The van der Waals surface area contributed by atoms with Crippen molar-refractivity contribution in [3.05, 3.63) is 168 Å². The molecule has 0 saturated carbocycles. The molecule has 218 valence electrons. The molecule has 0 radical (unpaired) electrons. The van der Waals surface area contributed by atoms with E-state index in [-0.39, 0.29) is 17.5 Å². The maximum absolute atomic E-state index is 14.1. The summed E-state index contributed by atoms with van der Waals surface area (Å²) in [6.07, 6.45) is 3.11. The number of halogens is 3. The van der Waals surface area contributed by atoms with Gasteiger partial charge in [0.05, 0.1) is 0 Å². The van der Waals surface area contributed by atoms with Gasteiger partial charge in [-0.2, -0.15) is 0 Å². The van der Waals surface area contributed by atoms with Crippen molar-refractivity contribution in [2.24, 2.45) is 0 Å². The molecule has 0 aromatic heterocycles. The smallest absolute Gasteiger partial charge is 0.123 e. The van der Waals surface area contributed by atoms with Gasteiger partial charge in [0, 0.05) is 0 Å². The third kappa shape index (κ3) is 4.16. The molecule has 0 saturated heterocycles. The quantitative estimate of drug-likeness (QED) is 0.177. The van der Waals surface area contributed by atoms with Crippen molar-refractivity contribution in [1.82, 2.24) is 0 Å². The second-order valence-corrected chi connectivity index (χ2v) is 12.1. The molecule has 8 aromatic rings. The average Bonchev–Trinajstić information content (AvgIpc) is 3.52. The maximum atomic E-state index is 14.1. The topological polar surface area (TPSA) is 0 Å². The van der Waals surface area contributed by atoms with Crippen molar-refractivity contribution in [3.8, 4) is 33.4 Å². The van der Waals surface area contributed by atoms with E-state index in [1.807, 2.05) is 36.4 Å². The van der Waals surface area contributed by atoms with Crippen molar-refractivity contribution in [2.45, 2.75) is 6.42 Å². The summed E-state index contributed by atoms with van der Waals surface area (Å²) in [5.74, 6) is -0.859. The fourth-order valence-electron chi connectivity index (χ4n) is 7.32. The van der Waals surface area contributed by atoms with Gasteiger partial charge in [0.15, 0.2) is 0 Å². The number of fused-ring (bicyclic) bond motifs is 1. The van der Waals surface area contributed by atoms with E-state index in [4.69, 9.17) is 0 Å². The normalized spacial score (nSPS) is 12.7. The molecule has 1 aliphatic carbocycles. The lowest BCUT2D eigenvalue weighted by atomic mass is 9.81. The molecular weight excluding hydrogens is 573 g/mol. The van der Waals surface area contributed by atoms with Crippen LogP contribution < -0.4 is 0 Å². The highest BCUT2D eigenvalue weighted by atomic mass is 19.1. The first-order valence-electron chi connectivity index (χ1n) is 15.4. The zero-order chi connectivity index (χ0) is 30.9. The van der Waals surface area contributed by atoms with Gasteiger partial charge < -0.3 is 0 Å². The molecule has 0 heterocycles. The first kappa shape index (κ1) is 26.7. The van der Waals surface area contributed by atoms with Gasteiger partial charge in [0.25, 0.3) is 0 Å². The van der Waals surface area contributed by atoms with Crippen molar-refractivity contribution in [1.29, 1.82) is 0 Å². The molecule has 0 nitrogen and oxygen atoms in total. The Morgan fingerprint density at radius 2 is 0.783 bits per heavy atom. The average molecular weight is 599 g/mol. The molecule has 0 fully saturated rings. The predicted octanol–water partition coefficient (Wildman–Crippen LogP) is 12.1. The Kier molecular flexibility index (Phi) is 5.91. The van der Waals surface area contributed by atoms with Crippen LogP contribution in [0.4, 0.5) is 13.2 Å². The van der Waals surface area contributed by atoms with Crippen LogP contribution >= 0.6 is 0 Å². The van der Waals surface area contributed by atoms with E-state index in [1.165, 1.54) is 53.1 Å². The third-order valence-corrected chi connectivity index (χ3v) is 9.48. The van der Waals surface area contributed by atoms with E-state index >= 15 is 0 Å². The van der Waals surface area contributed by atoms with Gasteiger partial charge in [-0.15, -0.1) is 0 Å². The van der Waals surface area contributed by atoms with Gasteiger partial charge in [-0.1, -0.05) is 91.0 Å². The summed E-state index contributed by atoms with van der Waals surface area (Å²) in [5.41, 5.74) is 10.6. The Bertz CT molecular complexity index is 2420. The van der Waals surface area contributed by atoms with Crippen molar-refractivity contribution in [3.63, 3.8) is 0 Å². The van der Waals surface area contributed by atoms with Crippen LogP contribution in [0.2, 0.25) is 0 Å². The van der Waals surface area contributed by atoms with Gasteiger partial charge >= 0.3 is 0 Å². The highest BCUT2D eigenvalue weighted by molar-refractivity contribution is 6.31. The molecule has 0 atom stereocenters. The second kappa shape index (κ2) is 10.2. The fraction of sp³-hybridized carbons (Fsp3) is 0.0233. The minimum Gasteiger partial charge on any atom is -0.207 e. The summed E-state index contributed by atoms with van der Waals surface area (Å²) >= 11 is 0. The summed E-state index contributed by atoms with van der Waals surface area (Å²) in [6.45, 7) is 0. The van der Waals surface area contributed by atoms with Crippen LogP contribution in [0.15, 0.2) is 133 Å². The molecule has 46 heavy (non-hydrogen) atoms. The van der Waals surface area contributed by atoms with E-state index in [0.717, 1.165) is 77.7 Å². The first-order valence-corrected chi connectivity index (χ1v) is 15.4. The van der Waals surface area contributed by atoms with Gasteiger partial charge in [-0.25, -0.2) is 13.2 Å². The van der Waals surface area contributed by atoms with Crippen LogP contribution in [0.3, 0.4) is 0 Å². The summed E-state index contributed by atoms with van der Waals surface area (Å²) in [7, 11) is 0. The largest absolute Gasteiger partial charge is 0.207 e. The van der Waals surface area contributed by atoms with Crippen LogP contribution in [0.5, 0.6) is 0 Å². The molecule has 0 amide bonds. The Morgan fingerprint density at radius 3 is 1.22 bits per heavy atom. The Hall–Kier alpha value is -5.67. The van der Waals surface area contributed by atoms with E-state index in [1.54, 1.807) is 0 Å². The van der Waals surface area contributed by atoms with Crippen LogP contribution in [0.25, 0.3) is 77.3 Å². The summed E-state index contributed by atoms with van der Waals surface area (Å²) in [6, 6.07) is 41.5. The van der Waals surface area contributed by atoms with Crippen LogP contribution in [-0.2, 0) is 6.42 Å². The van der Waals surface area contributed by atoms with Crippen molar-refractivity contribution in [2.75, 3.05) is 0 Å². The number of hydrogen-bond donors (Lipinski definition) is 0. The molecule has 8 aromatic carbocycles. The number of rotatable bonds is 4. The zero-order valence-electron chi connectivity index (χ0n) is 24.6. The van der Waals surface area contributed by atoms with E-state index in [0.29, 0.717) is 0 Å². The fourth-order valence-corrected chi connectivity index (χ4v) is 7.32. The summed E-state index contributed by atoms with van der Waals surface area (Å²) < 4.78 is 42.3. The lowest BCUT2D eigenvalue weighted by Gasteiger charge is -2.22. The number of benzene rings is 8. The Labute approximate surface area is 264 Å². The first-order chi connectivity index (χ1) is 22.5. The summed E-state index contributed by atoms with van der Waals surface area (Å²) in [5, 5.41) is 6.53. The van der Waals surface area contributed by atoms with Crippen LogP contribution in [0, 0.1) is 17.5 Å². The molecule has 0 aliphatic heterocycles. The predicted molar refractivity (Wildman–Crippen MR) is 184 cm³/mol. The highest BCUT2D eigenvalue weighted by Gasteiger charge is 2.23. The molecule has 3 heteroatoms. The van der Waals surface area contributed by atoms with Crippen molar-refractivity contribution < 1.29 is 13.2 Å². The van der Waals surface area contributed by atoms with E-state index in [2.05, 4.69) is 66.7 Å². The lowest BCUT2D eigenvalue weighted by Crippen LogP contribution is -1.96. The Balaban J connectivity index is 1.43. The molecule has 1 aliphatic rings. The highest BCUT2D eigenvalue weighted by Crippen LogP contribution is 2.48. The molecular formula is C43H25F3. The number of allylic oxidation sites excluding steroid dienone is 1. The molecule has 0 spiro atoms. The van der Waals surface area contributed by atoms with Gasteiger partial charge in [0.1, 0.15) is 17.5 Å². The van der Waals surface area contributed by atoms with E-state index in [9.17, 15) is 13.2 Å². The van der Waals surface area contributed by atoms with Crippen LogP contribution in [0.1, 0.15) is 16.7 Å². The second-order valence-electron chi connectivity index (χ2n) is 12.1. The van der Waals surface area contributed by atoms with Crippen LogP contribution in [-0.4, -0.2) is 0 Å². The zero-order valence-corrected chi connectivity index (χ0v) is 24.6. The van der Waals surface area contributed by atoms with Crippen molar-refractivity contribution >= 4 is 44.0 Å². The third-order valence-electron chi connectivity index (χ3n) is 9.48. The van der Waals surface area contributed by atoms with Gasteiger partial charge in [-0.05, 0) is 143 Å². The molecule has 0 unspecified atom stereocenters. The minimum absolute atomic E-state index is 0.275. The number of hydrogen-bond acceptors (Lipinski definition) is 0. The monoisotopic (exact) mass is 598 g/mol. The molecule has 0 N–H and O–H groups in total. The SMILES string of the molecule is Fc1ccc(-c2cc(C3=Cc4ccccc4C3)c3ccc4c(-c5ccc(F)cc5)cc(-c5ccc(F)cc5)c5ccc2c3c45)cc1. The lowest BCUT2D eigenvalue weighted by molar-refractivity contribution is 0.627. The van der Waals surface area contributed by atoms with Gasteiger partial charge in [0.2, 0.25) is 0 Å². The molecule has 0 bridgehead atoms. The standard InChI is InChI=1S/C43H25F3/c44-31-11-5-25(6-12-31)38-23-39(26-7-13-32(45)14-8-26)35-19-20-37-41(30-21-28-3-1-2-4-29(28)22-30)24-40(27-9-15-33(46)16-10-27)36-18-17-34(38)42(35)43(36)37/h1-21,23-24H,22H2.